The van der Waals surface area contributed by atoms with E-state index in [1.54, 1.807) is 0 Å². The standard InChI is InChI=1S/C10H20O5S/c1-9(16(13,14)15)7-5-3-2-4-6-8-10(11)12/h9H,2-8H2,1H3,(H,11,12)(H,13,14,15). The number of hydrogen-bond donors (Lipinski definition) is 2. The molecule has 0 aliphatic rings. The van der Waals surface area contributed by atoms with Crippen LogP contribution in [0, 0.1) is 0 Å². The fourth-order valence-corrected chi connectivity index (χ4v) is 1.85. The Morgan fingerprint density at radius 1 is 1.12 bits per heavy atom. The monoisotopic (exact) mass is 252 g/mol. The van der Waals surface area contributed by atoms with E-state index < -0.39 is 21.3 Å². The molecule has 0 saturated carbocycles. The first kappa shape index (κ1) is 15.4. The van der Waals surface area contributed by atoms with Crippen LogP contribution >= 0.6 is 0 Å². The lowest BCUT2D eigenvalue weighted by atomic mass is 10.1. The Morgan fingerprint density at radius 2 is 1.62 bits per heavy atom. The van der Waals surface area contributed by atoms with Gasteiger partial charge in [0.2, 0.25) is 0 Å². The van der Waals surface area contributed by atoms with Gasteiger partial charge in [-0.05, 0) is 19.8 Å². The van der Waals surface area contributed by atoms with Crippen LogP contribution in [0.25, 0.3) is 0 Å². The third-order valence-electron chi connectivity index (χ3n) is 2.51. The van der Waals surface area contributed by atoms with Crippen molar-refractivity contribution in [2.75, 3.05) is 0 Å². The predicted molar refractivity (Wildman–Crippen MR) is 61.0 cm³/mol. The zero-order valence-electron chi connectivity index (χ0n) is 9.55. The zero-order valence-corrected chi connectivity index (χ0v) is 10.4. The number of aliphatic carboxylic acids is 1. The summed E-state index contributed by atoms with van der Waals surface area (Å²) in [4.78, 5) is 10.2. The second-order valence-corrected chi connectivity index (χ2v) is 5.86. The van der Waals surface area contributed by atoms with E-state index in [1.165, 1.54) is 6.92 Å². The van der Waals surface area contributed by atoms with Crippen LogP contribution in [0.2, 0.25) is 0 Å². The number of unbranched alkanes of at least 4 members (excludes halogenated alkanes) is 4. The SMILES string of the molecule is CC(CCCCCCCC(=O)O)S(=O)(=O)O. The minimum Gasteiger partial charge on any atom is -0.481 e. The van der Waals surface area contributed by atoms with E-state index in [1.807, 2.05) is 0 Å². The van der Waals surface area contributed by atoms with Gasteiger partial charge in [0.25, 0.3) is 10.1 Å². The number of carboxylic acids is 1. The Labute approximate surface area is 96.6 Å². The number of carbonyl (C=O) groups is 1. The molecule has 0 radical (unpaired) electrons. The van der Waals surface area contributed by atoms with E-state index in [-0.39, 0.29) is 6.42 Å². The minimum atomic E-state index is -3.89. The average molecular weight is 252 g/mol. The molecule has 0 aromatic carbocycles. The van der Waals surface area contributed by atoms with Gasteiger partial charge in [-0.25, -0.2) is 0 Å². The van der Waals surface area contributed by atoms with E-state index in [0.29, 0.717) is 12.8 Å². The van der Waals surface area contributed by atoms with Crippen LogP contribution in [0.3, 0.4) is 0 Å². The molecule has 16 heavy (non-hydrogen) atoms. The lowest BCUT2D eigenvalue weighted by Crippen LogP contribution is -2.16. The van der Waals surface area contributed by atoms with Gasteiger partial charge in [0.1, 0.15) is 0 Å². The lowest BCUT2D eigenvalue weighted by Gasteiger charge is -2.07. The quantitative estimate of drug-likeness (QED) is 0.484. The first-order valence-corrected chi connectivity index (χ1v) is 7.02. The van der Waals surface area contributed by atoms with E-state index in [9.17, 15) is 13.2 Å². The Kier molecular flexibility index (Phi) is 7.33. The fraction of sp³-hybridized carbons (Fsp3) is 0.900. The topological polar surface area (TPSA) is 91.7 Å². The summed E-state index contributed by atoms with van der Waals surface area (Å²) in [5, 5.41) is 7.68. The van der Waals surface area contributed by atoms with Gasteiger partial charge in [0.15, 0.2) is 0 Å². The van der Waals surface area contributed by atoms with Crippen LogP contribution in [0.4, 0.5) is 0 Å². The molecule has 0 saturated heterocycles. The van der Waals surface area contributed by atoms with Crippen LogP contribution in [-0.4, -0.2) is 29.3 Å². The summed E-state index contributed by atoms with van der Waals surface area (Å²) in [6.45, 7) is 1.49. The fourth-order valence-electron chi connectivity index (χ4n) is 1.39. The maximum atomic E-state index is 10.7. The lowest BCUT2D eigenvalue weighted by molar-refractivity contribution is -0.137. The Bertz CT molecular complexity index is 296. The van der Waals surface area contributed by atoms with Crippen LogP contribution < -0.4 is 0 Å². The molecule has 96 valence electrons. The number of hydrogen-bond acceptors (Lipinski definition) is 3. The number of carboxylic acid groups (broad SMARTS) is 1. The molecule has 0 aliphatic heterocycles. The van der Waals surface area contributed by atoms with Gasteiger partial charge in [0.05, 0.1) is 5.25 Å². The molecule has 1 unspecified atom stereocenters. The van der Waals surface area contributed by atoms with Crippen molar-refractivity contribution in [1.29, 1.82) is 0 Å². The van der Waals surface area contributed by atoms with Gasteiger partial charge in [-0.2, -0.15) is 8.42 Å². The van der Waals surface area contributed by atoms with Crippen molar-refractivity contribution in [3.8, 4) is 0 Å². The molecular formula is C10H20O5S. The zero-order chi connectivity index (χ0) is 12.6. The van der Waals surface area contributed by atoms with Gasteiger partial charge >= 0.3 is 5.97 Å². The largest absolute Gasteiger partial charge is 0.481 e. The molecule has 0 bridgehead atoms. The molecule has 0 heterocycles. The van der Waals surface area contributed by atoms with Crippen molar-refractivity contribution in [3.63, 3.8) is 0 Å². The van der Waals surface area contributed by atoms with Crippen molar-refractivity contribution in [3.05, 3.63) is 0 Å². The molecule has 0 fully saturated rings. The minimum absolute atomic E-state index is 0.196. The summed E-state index contributed by atoms with van der Waals surface area (Å²) in [6, 6.07) is 0. The molecule has 0 aromatic heterocycles. The third kappa shape index (κ3) is 8.67. The van der Waals surface area contributed by atoms with Gasteiger partial charge in [-0.15, -0.1) is 0 Å². The second kappa shape index (κ2) is 7.62. The summed E-state index contributed by atoms with van der Waals surface area (Å²) in [5.41, 5.74) is 0. The summed E-state index contributed by atoms with van der Waals surface area (Å²) >= 11 is 0. The molecule has 1 atom stereocenters. The highest BCUT2D eigenvalue weighted by Gasteiger charge is 2.15. The van der Waals surface area contributed by atoms with Crippen molar-refractivity contribution in [1.82, 2.24) is 0 Å². The molecular weight excluding hydrogens is 232 g/mol. The highest BCUT2D eigenvalue weighted by molar-refractivity contribution is 7.86. The van der Waals surface area contributed by atoms with E-state index >= 15 is 0 Å². The van der Waals surface area contributed by atoms with Crippen LogP contribution in [0.1, 0.15) is 51.9 Å². The Hall–Kier alpha value is -0.620. The van der Waals surface area contributed by atoms with Crippen molar-refractivity contribution >= 4 is 16.1 Å². The summed E-state index contributed by atoms with van der Waals surface area (Å²) in [5.74, 6) is -0.778. The van der Waals surface area contributed by atoms with E-state index in [2.05, 4.69) is 0 Å². The average Bonchev–Trinajstić information content (AvgIpc) is 2.14. The second-order valence-electron chi connectivity index (χ2n) is 4.03. The molecule has 2 N–H and O–H groups in total. The summed E-state index contributed by atoms with van der Waals surface area (Å²) in [7, 11) is -3.89. The summed E-state index contributed by atoms with van der Waals surface area (Å²) in [6.07, 6.45) is 4.70. The maximum Gasteiger partial charge on any atom is 0.303 e. The van der Waals surface area contributed by atoms with Gasteiger partial charge in [-0.3, -0.25) is 9.35 Å². The first-order valence-electron chi connectivity index (χ1n) is 5.52. The van der Waals surface area contributed by atoms with Gasteiger partial charge in [-0.1, -0.05) is 25.7 Å². The first-order chi connectivity index (χ1) is 7.34. The van der Waals surface area contributed by atoms with Crippen LogP contribution in [-0.2, 0) is 14.9 Å². The molecule has 0 aromatic rings. The molecule has 0 spiro atoms. The molecule has 0 aliphatic carbocycles. The summed E-state index contributed by atoms with van der Waals surface area (Å²) < 4.78 is 30.0. The van der Waals surface area contributed by atoms with E-state index in [4.69, 9.17) is 9.66 Å². The molecule has 5 nitrogen and oxygen atoms in total. The number of rotatable bonds is 9. The highest BCUT2D eigenvalue weighted by atomic mass is 32.2. The smallest absolute Gasteiger partial charge is 0.303 e. The van der Waals surface area contributed by atoms with Crippen LogP contribution in [0.5, 0.6) is 0 Å². The maximum absolute atomic E-state index is 10.7. The highest BCUT2D eigenvalue weighted by Crippen LogP contribution is 2.12. The Balaban J connectivity index is 3.38. The van der Waals surface area contributed by atoms with Crippen molar-refractivity contribution in [2.24, 2.45) is 0 Å². The van der Waals surface area contributed by atoms with E-state index in [0.717, 1.165) is 25.7 Å². The Morgan fingerprint density at radius 3 is 2.12 bits per heavy atom. The normalized spacial score (nSPS) is 13.6. The predicted octanol–water partition coefficient (Wildman–Crippen LogP) is 2.08. The van der Waals surface area contributed by atoms with Crippen LogP contribution in [0.15, 0.2) is 0 Å². The van der Waals surface area contributed by atoms with Crippen molar-refractivity contribution in [2.45, 2.75) is 57.1 Å². The van der Waals surface area contributed by atoms with Gasteiger partial charge in [0, 0.05) is 6.42 Å². The molecule has 0 amide bonds. The molecule has 0 rings (SSSR count). The van der Waals surface area contributed by atoms with Gasteiger partial charge < -0.3 is 5.11 Å². The van der Waals surface area contributed by atoms with Crippen molar-refractivity contribution < 1.29 is 22.9 Å². The third-order valence-corrected chi connectivity index (χ3v) is 3.76. The molecule has 6 heteroatoms.